The number of carbonyl (C=O) groups is 1. The molecule has 0 aliphatic carbocycles. The standard InChI is InChI=1S/C17H20N4O/c1-18-17(22)14-8-5-9-16(20-14)21-11-10-19-15(12-21)13-6-3-2-4-7-13/h2-9,15,19H,10-12H2,1H3,(H,18,22). The zero-order valence-corrected chi connectivity index (χ0v) is 12.6. The Balaban J connectivity index is 1.79. The molecule has 0 radical (unpaired) electrons. The predicted molar refractivity (Wildman–Crippen MR) is 87.0 cm³/mol. The summed E-state index contributed by atoms with van der Waals surface area (Å²) in [7, 11) is 1.62. The summed E-state index contributed by atoms with van der Waals surface area (Å²) in [5.74, 6) is 0.695. The molecular weight excluding hydrogens is 276 g/mol. The Bertz CT molecular complexity index is 644. The first-order valence-corrected chi connectivity index (χ1v) is 7.50. The molecule has 2 heterocycles. The van der Waals surface area contributed by atoms with E-state index in [4.69, 9.17) is 0 Å². The maximum atomic E-state index is 11.7. The van der Waals surface area contributed by atoms with Gasteiger partial charge in [-0.2, -0.15) is 0 Å². The first-order valence-electron chi connectivity index (χ1n) is 7.50. The summed E-state index contributed by atoms with van der Waals surface area (Å²) in [6.45, 7) is 2.62. The van der Waals surface area contributed by atoms with Crippen molar-refractivity contribution in [3.05, 3.63) is 59.8 Å². The van der Waals surface area contributed by atoms with Crippen LogP contribution in [0.5, 0.6) is 0 Å². The van der Waals surface area contributed by atoms with Gasteiger partial charge in [0.25, 0.3) is 5.91 Å². The van der Waals surface area contributed by atoms with Gasteiger partial charge in [0.2, 0.25) is 0 Å². The van der Waals surface area contributed by atoms with Crippen molar-refractivity contribution in [2.75, 3.05) is 31.6 Å². The number of anilines is 1. The maximum Gasteiger partial charge on any atom is 0.269 e. The third-order valence-corrected chi connectivity index (χ3v) is 3.90. The third kappa shape index (κ3) is 3.09. The number of benzene rings is 1. The Morgan fingerprint density at radius 3 is 2.82 bits per heavy atom. The summed E-state index contributed by atoms with van der Waals surface area (Å²) in [5, 5.41) is 6.15. The second-order valence-corrected chi connectivity index (χ2v) is 5.32. The molecule has 0 saturated carbocycles. The summed E-state index contributed by atoms with van der Waals surface area (Å²) in [4.78, 5) is 18.4. The normalized spacial score (nSPS) is 18.0. The lowest BCUT2D eigenvalue weighted by Gasteiger charge is -2.34. The van der Waals surface area contributed by atoms with Crippen LogP contribution in [0.3, 0.4) is 0 Å². The van der Waals surface area contributed by atoms with E-state index in [0.717, 1.165) is 25.5 Å². The van der Waals surface area contributed by atoms with Crippen LogP contribution in [-0.4, -0.2) is 37.6 Å². The number of nitrogens with one attached hydrogen (secondary N) is 2. The molecule has 1 aliphatic rings. The molecule has 1 amide bonds. The van der Waals surface area contributed by atoms with Crippen LogP contribution in [0.4, 0.5) is 5.82 Å². The van der Waals surface area contributed by atoms with Gasteiger partial charge >= 0.3 is 0 Å². The van der Waals surface area contributed by atoms with Gasteiger partial charge in [0.15, 0.2) is 0 Å². The maximum absolute atomic E-state index is 11.7. The predicted octanol–water partition coefficient (Wildman–Crippen LogP) is 1.59. The van der Waals surface area contributed by atoms with E-state index in [-0.39, 0.29) is 11.9 Å². The molecule has 1 atom stereocenters. The molecule has 1 aromatic heterocycles. The van der Waals surface area contributed by atoms with E-state index in [1.165, 1.54) is 5.56 Å². The van der Waals surface area contributed by atoms with Crippen molar-refractivity contribution in [3.8, 4) is 0 Å². The second-order valence-electron chi connectivity index (χ2n) is 5.32. The van der Waals surface area contributed by atoms with Crippen LogP contribution in [0, 0.1) is 0 Å². The number of hydrogen-bond donors (Lipinski definition) is 2. The molecule has 1 unspecified atom stereocenters. The van der Waals surface area contributed by atoms with Crippen LogP contribution in [0.15, 0.2) is 48.5 Å². The van der Waals surface area contributed by atoms with Gasteiger partial charge in [0, 0.05) is 32.7 Å². The Labute approximate surface area is 130 Å². The molecule has 3 rings (SSSR count). The molecule has 5 nitrogen and oxygen atoms in total. The molecule has 2 aromatic rings. The first kappa shape index (κ1) is 14.5. The lowest BCUT2D eigenvalue weighted by Crippen LogP contribution is -2.46. The Morgan fingerprint density at radius 1 is 1.23 bits per heavy atom. The van der Waals surface area contributed by atoms with Gasteiger partial charge in [0.05, 0.1) is 0 Å². The Kier molecular flexibility index (Phi) is 4.34. The largest absolute Gasteiger partial charge is 0.354 e. The van der Waals surface area contributed by atoms with Crippen LogP contribution >= 0.6 is 0 Å². The fraction of sp³-hybridized carbons (Fsp3) is 0.294. The summed E-state index contributed by atoms with van der Waals surface area (Å²) in [5.41, 5.74) is 1.73. The highest BCUT2D eigenvalue weighted by molar-refractivity contribution is 5.92. The van der Waals surface area contributed by atoms with Crippen molar-refractivity contribution < 1.29 is 4.79 Å². The zero-order chi connectivity index (χ0) is 15.4. The molecule has 0 spiro atoms. The Morgan fingerprint density at radius 2 is 2.05 bits per heavy atom. The molecule has 1 fully saturated rings. The van der Waals surface area contributed by atoms with Crippen molar-refractivity contribution in [2.45, 2.75) is 6.04 Å². The highest BCUT2D eigenvalue weighted by atomic mass is 16.1. The van der Waals surface area contributed by atoms with Crippen LogP contribution in [0.25, 0.3) is 0 Å². The number of amides is 1. The summed E-state index contributed by atoms with van der Waals surface area (Å²) < 4.78 is 0. The molecule has 22 heavy (non-hydrogen) atoms. The van der Waals surface area contributed by atoms with E-state index < -0.39 is 0 Å². The lowest BCUT2D eigenvalue weighted by atomic mass is 10.0. The Hall–Kier alpha value is -2.40. The van der Waals surface area contributed by atoms with Gasteiger partial charge < -0.3 is 15.5 Å². The lowest BCUT2D eigenvalue weighted by molar-refractivity contribution is 0.0958. The van der Waals surface area contributed by atoms with Crippen LogP contribution in [0.2, 0.25) is 0 Å². The number of nitrogens with zero attached hydrogens (tertiary/aromatic N) is 2. The molecule has 1 saturated heterocycles. The van der Waals surface area contributed by atoms with E-state index >= 15 is 0 Å². The van der Waals surface area contributed by atoms with Crippen molar-refractivity contribution in [1.29, 1.82) is 0 Å². The van der Waals surface area contributed by atoms with Gasteiger partial charge in [-0.25, -0.2) is 4.98 Å². The van der Waals surface area contributed by atoms with Crippen molar-refractivity contribution >= 4 is 11.7 Å². The van der Waals surface area contributed by atoms with Gasteiger partial charge in [-0.1, -0.05) is 36.4 Å². The molecular formula is C17H20N4O. The van der Waals surface area contributed by atoms with E-state index in [0.29, 0.717) is 5.69 Å². The van der Waals surface area contributed by atoms with E-state index in [2.05, 4.69) is 44.8 Å². The smallest absolute Gasteiger partial charge is 0.269 e. The topological polar surface area (TPSA) is 57.3 Å². The number of carbonyl (C=O) groups excluding carboxylic acids is 1. The third-order valence-electron chi connectivity index (χ3n) is 3.90. The summed E-state index contributed by atoms with van der Waals surface area (Å²) in [6, 6.07) is 16.3. The van der Waals surface area contributed by atoms with E-state index in [1.54, 1.807) is 13.1 Å². The van der Waals surface area contributed by atoms with Crippen molar-refractivity contribution in [3.63, 3.8) is 0 Å². The molecule has 1 aliphatic heterocycles. The molecule has 2 N–H and O–H groups in total. The van der Waals surface area contributed by atoms with Gasteiger partial charge in [-0.15, -0.1) is 0 Å². The van der Waals surface area contributed by atoms with Crippen molar-refractivity contribution in [1.82, 2.24) is 15.6 Å². The molecule has 5 heteroatoms. The number of aromatic nitrogens is 1. The van der Waals surface area contributed by atoms with Crippen molar-refractivity contribution in [2.24, 2.45) is 0 Å². The summed E-state index contributed by atoms with van der Waals surface area (Å²) >= 11 is 0. The first-order chi connectivity index (χ1) is 10.8. The minimum absolute atomic E-state index is 0.156. The average Bonchev–Trinajstić information content (AvgIpc) is 2.62. The molecule has 1 aromatic carbocycles. The fourth-order valence-electron chi connectivity index (χ4n) is 2.72. The average molecular weight is 296 g/mol. The van der Waals surface area contributed by atoms with Gasteiger partial charge in [-0.3, -0.25) is 4.79 Å². The van der Waals surface area contributed by atoms with E-state index in [9.17, 15) is 4.79 Å². The zero-order valence-electron chi connectivity index (χ0n) is 12.6. The minimum Gasteiger partial charge on any atom is -0.354 e. The number of piperazine rings is 1. The molecule has 0 bridgehead atoms. The van der Waals surface area contributed by atoms with E-state index in [1.807, 2.05) is 18.2 Å². The summed E-state index contributed by atoms with van der Waals surface area (Å²) in [6.07, 6.45) is 0. The van der Waals surface area contributed by atoms with Crippen LogP contribution in [-0.2, 0) is 0 Å². The quantitative estimate of drug-likeness (QED) is 0.903. The highest BCUT2D eigenvalue weighted by Crippen LogP contribution is 2.21. The SMILES string of the molecule is CNC(=O)c1cccc(N2CCNC(c3ccccc3)C2)n1. The number of pyridine rings is 1. The van der Waals surface area contributed by atoms with Gasteiger partial charge in [0.1, 0.15) is 11.5 Å². The van der Waals surface area contributed by atoms with Crippen LogP contribution < -0.4 is 15.5 Å². The molecule has 114 valence electrons. The van der Waals surface area contributed by atoms with Crippen LogP contribution in [0.1, 0.15) is 22.1 Å². The second kappa shape index (κ2) is 6.58. The highest BCUT2D eigenvalue weighted by Gasteiger charge is 2.22. The fourth-order valence-corrected chi connectivity index (χ4v) is 2.72. The van der Waals surface area contributed by atoms with Gasteiger partial charge in [-0.05, 0) is 17.7 Å². The number of rotatable bonds is 3. The number of hydrogen-bond acceptors (Lipinski definition) is 4. The minimum atomic E-state index is -0.156. The monoisotopic (exact) mass is 296 g/mol.